The lowest BCUT2D eigenvalue weighted by Crippen LogP contribution is -2.37. The number of anilines is 1. The Kier molecular flexibility index (Phi) is 3.53. The standard InChI is InChI=1S/C21H21N5O/c1-14-11-12-15-7-3-5-9-17(15)25(14)13-19-22-23-21-24(2)20(27)16-8-4-6-10-18(16)26(19)21/h3-10,14H,11-13H2,1-2H3. The van der Waals surface area contributed by atoms with E-state index in [0.717, 1.165) is 24.2 Å². The third-order valence-electron chi connectivity index (χ3n) is 5.67. The molecule has 1 atom stereocenters. The summed E-state index contributed by atoms with van der Waals surface area (Å²) in [6.45, 7) is 2.91. The highest BCUT2D eigenvalue weighted by molar-refractivity contribution is 5.80. The number of aromatic nitrogens is 4. The van der Waals surface area contributed by atoms with Gasteiger partial charge in [0.25, 0.3) is 5.56 Å². The molecule has 3 heterocycles. The van der Waals surface area contributed by atoms with Crippen molar-refractivity contribution < 1.29 is 0 Å². The molecule has 0 N–H and O–H groups in total. The van der Waals surface area contributed by atoms with Gasteiger partial charge in [0.2, 0.25) is 5.78 Å². The van der Waals surface area contributed by atoms with Gasteiger partial charge in [-0.3, -0.25) is 13.8 Å². The van der Waals surface area contributed by atoms with E-state index >= 15 is 0 Å². The van der Waals surface area contributed by atoms with Crippen molar-refractivity contribution >= 4 is 22.4 Å². The van der Waals surface area contributed by atoms with Crippen molar-refractivity contribution in [2.45, 2.75) is 32.4 Å². The Labute approximate surface area is 156 Å². The summed E-state index contributed by atoms with van der Waals surface area (Å²) in [7, 11) is 1.75. The molecule has 6 heteroatoms. The van der Waals surface area contributed by atoms with Crippen LogP contribution in [-0.2, 0) is 20.0 Å². The van der Waals surface area contributed by atoms with Crippen LogP contribution in [0.15, 0.2) is 53.3 Å². The molecule has 6 nitrogen and oxygen atoms in total. The molecule has 1 unspecified atom stereocenters. The minimum Gasteiger partial charge on any atom is -0.361 e. The third kappa shape index (κ3) is 2.36. The number of aryl methyl sites for hydroxylation is 2. The molecule has 2 aromatic carbocycles. The van der Waals surface area contributed by atoms with E-state index in [-0.39, 0.29) is 5.56 Å². The second-order valence-corrected chi connectivity index (χ2v) is 7.28. The van der Waals surface area contributed by atoms with E-state index in [1.807, 2.05) is 28.7 Å². The first-order valence-corrected chi connectivity index (χ1v) is 9.31. The van der Waals surface area contributed by atoms with Crippen LogP contribution in [0.1, 0.15) is 24.7 Å². The molecule has 27 heavy (non-hydrogen) atoms. The Bertz CT molecular complexity index is 1220. The third-order valence-corrected chi connectivity index (χ3v) is 5.67. The van der Waals surface area contributed by atoms with Crippen LogP contribution in [0.2, 0.25) is 0 Å². The average Bonchev–Trinajstić information content (AvgIpc) is 3.12. The van der Waals surface area contributed by atoms with Crippen LogP contribution in [0.3, 0.4) is 0 Å². The highest BCUT2D eigenvalue weighted by Gasteiger charge is 2.25. The number of nitrogens with zero attached hydrogens (tertiary/aromatic N) is 5. The zero-order chi connectivity index (χ0) is 18.5. The summed E-state index contributed by atoms with van der Waals surface area (Å²) < 4.78 is 3.59. The lowest BCUT2D eigenvalue weighted by Gasteiger charge is -2.36. The molecule has 0 spiro atoms. The number of fused-ring (bicyclic) bond motifs is 4. The minimum atomic E-state index is -0.0475. The highest BCUT2D eigenvalue weighted by Crippen LogP contribution is 2.31. The van der Waals surface area contributed by atoms with Gasteiger partial charge in [0.15, 0.2) is 5.82 Å². The zero-order valence-corrected chi connectivity index (χ0v) is 15.5. The average molecular weight is 359 g/mol. The largest absolute Gasteiger partial charge is 0.361 e. The van der Waals surface area contributed by atoms with Crippen LogP contribution >= 0.6 is 0 Å². The Morgan fingerprint density at radius 1 is 1.07 bits per heavy atom. The predicted octanol–water partition coefficient (Wildman–Crippen LogP) is 2.92. The van der Waals surface area contributed by atoms with Crippen LogP contribution < -0.4 is 10.5 Å². The van der Waals surface area contributed by atoms with Gasteiger partial charge in [0.1, 0.15) is 0 Å². The van der Waals surface area contributed by atoms with Crippen molar-refractivity contribution in [1.29, 1.82) is 0 Å². The highest BCUT2D eigenvalue weighted by atomic mass is 16.1. The van der Waals surface area contributed by atoms with E-state index in [9.17, 15) is 4.79 Å². The lowest BCUT2D eigenvalue weighted by molar-refractivity contribution is 0.551. The summed E-state index contributed by atoms with van der Waals surface area (Å²) in [5, 5.41) is 9.47. The second kappa shape index (κ2) is 5.94. The molecule has 1 aliphatic rings. The number of hydrogen-bond donors (Lipinski definition) is 0. The van der Waals surface area contributed by atoms with Crippen molar-refractivity contribution in [1.82, 2.24) is 19.2 Å². The fourth-order valence-electron chi connectivity index (χ4n) is 4.15. The first-order chi connectivity index (χ1) is 13.1. The van der Waals surface area contributed by atoms with Crippen molar-refractivity contribution in [3.63, 3.8) is 0 Å². The SMILES string of the molecule is CC1CCc2ccccc2N1Cc1nnc2n(C)c(=O)c3ccccc3n12. The number of benzene rings is 2. The number of hydrogen-bond acceptors (Lipinski definition) is 4. The molecule has 4 aromatic rings. The summed E-state index contributed by atoms with van der Waals surface area (Å²) in [4.78, 5) is 15.0. The quantitative estimate of drug-likeness (QED) is 0.552. The van der Waals surface area contributed by atoms with Gasteiger partial charge in [0, 0.05) is 18.8 Å². The topological polar surface area (TPSA) is 55.4 Å². The van der Waals surface area contributed by atoms with E-state index in [1.165, 1.54) is 11.3 Å². The van der Waals surface area contributed by atoms with Crippen molar-refractivity contribution in [3.05, 3.63) is 70.3 Å². The molecule has 2 aromatic heterocycles. The molecule has 1 aliphatic heterocycles. The van der Waals surface area contributed by atoms with Crippen LogP contribution in [-0.4, -0.2) is 25.2 Å². The summed E-state index contributed by atoms with van der Waals surface area (Å²) >= 11 is 0. The molecule has 0 amide bonds. The first-order valence-electron chi connectivity index (χ1n) is 9.31. The molecular weight excluding hydrogens is 338 g/mol. The smallest absolute Gasteiger partial charge is 0.262 e. The van der Waals surface area contributed by atoms with Gasteiger partial charge in [-0.2, -0.15) is 0 Å². The van der Waals surface area contributed by atoms with Crippen molar-refractivity contribution in [3.8, 4) is 0 Å². The maximum atomic E-state index is 12.6. The number of rotatable bonds is 2. The Hall–Kier alpha value is -3.15. The molecule has 136 valence electrons. The molecule has 0 fully saturated rings. The first kappa shape index (κ1) is 16.1. The van der Waals surface area contributed by atoms with Crippen LogP contribution in [0.4, 0.5) is 5.69 Å². The van der Waals surface area contributed by atoms with Gasteiger partial charge in [-0.05, 0) is 43.5 Å². The summed E-state index contributed by atoms with van der Waals surface area (Å²) in [6.07, 6.45) is 2.22. The monoisotopic (exact) mass is 359 g/mol. The van der Waals surface area contributed by atoms with E-state index in [4.69, 9.17) is 0 Å². The maximum Gasteiger partial charge on any atom is 0.262 e. The summed E-state index contributed by atoms with van der Waals surface area (Å²) in [6, 6.07) is 16.7. The van der Waals surface area contributed by atoms with Crippen molar-refractivity contribution in [2.24, 2.45) is 7.05 Å². The van der Waals surface area contributed by atoms with Gasteiger partial charge >= 0.3 is 0 Å². The van der Waals surface area contributed by atoms with E-state index in [2.05, 4.69) is 46.3 Å². The molecule has 0 radical (unpaired) electrons. The van der Waals surface area contributed by atoms with E-state index < -0.39 is 0 Å². The summed E-state index contributed by atoms with van der Waals surface area (Å²) in [5.74, 6) is 1.42. The zero-order valence-electron chi connectivity index (χ0n) is 15.5. The molecule has 0 saturated heterocycles. The minimum absolute atomic E-state index is 0.0475. The Balaban J connectivity index is 1.70. The van der Waals surface area contributed by atoms with E-state index in [0.29, 0.717) is 23.8 Å². The second-order valence-electron chi connectivity index (χ2n) is 7.28. The lowest BCUT2D eigenvalue weighted by atomic mass is 9.96. The molecule has 5 rings (SSSR count). The fraction of sp³-hybridized carbons (Fsp3) is 0.286. The van der Waals surface area contributed by atoms with Gasteiger partial charge in [0.05, 0.1) is 17.4 Å². The molecular formula is C21H21N5O. The fourth-order valence-corrected chi connectivity index (χ4v) is 4.15. The predicted molar refractivity (Wildman–Crippen MR) is 106 cm³/mol. The van der Waals surface area contributed by atoms with E-state index in [1.54, 1.807) is 11.6 Å². The van der Waals surface area contributed by atoms with Gasteiger partial charge in [-0.1, -0.05) is 30.3 Å². The van der Waals surface area contributed by atoms with Crippen molar-refractivity contribution in [2.75, 3.05) is 4.90 Å². The van der Waals surface area contributed by atoms with Gasteiger partial charge < -0.3 is 4.90 Å². The van der Waals surface area contributed by atoms with Gasteiger partial charge in [-0.25, -0.2) is 0 Å². The van der Waals surface area contributed by atoms with Crippen LogP contribution in [0.5, 0.6) is 0 Å². The molecule has 0 bridgehead atoms. The molecule has 0 saturated carbocycles. The van der Waals surface area contributed by atoms with Crippen LogP contribution in [0, 0.1) is 0 Å². The number of para-hydroxylation sites is 2. The van der Waals surface area contributed by atoms with Crippen LogP contribution in [0.25, 0.3) is 16.7 Å². The normalized spacial score (nSPS) is 16.8. The maximum absolute atomic E-state index is 12.6. The Morgan fingerprint density at radius 3 is 2.74 bits per heavy atom. The Morgan fingerprint density at radius 2 is 1.85 bits per heavy atom. The summed E-state index contributed by atoms with van der Waals surface area (Å²) in [5.41, 5.74) is 3.45. The van der Waals surface area contributed by atoms with Gasteiger partial charge in [-0.15, -0.1) is 10.2 Å². The molecule has 0 aliphatic carbocycles.